The molecule has 0 spiro atoms. The number of nitrogens with two attached hydrogens (primary N) is 1. The summed E-state index contributed by atoms with van der Waals surface area (Å²) in [5.74, 6) is 0.326. The first-order chi connectivity index (χ1) is 9.40. The molecule has 1 aromatic rings. The van der Waals surface area contributed by atoms with Gasteiger partial charge in [0.2, 0.25) is 5.95 Å². The zero-order valence-electron chi connectivity index (χ0n) is 11.2. The maximum Gasteiger partial charge on any atom is 0.433 e. The van der Waals surface area contributed by atoms with E-state index >= 15 is 0 Å². The van der Waals surface area contributed by atoms with Gasteiger partial charge in [-0.1, -0.05) is 0 Å². The van der Waals surface area contributed by atoms with Crippen LogP contribution in [0.3, 0.4) is 0 Å². The lowest BCUT2D eigenvalue weighted by Crippen LogP contribution is -2.36. The number of hydrogen-bond acceptors (Lipinski definition) is 5. The summed E-state index contributed by atoms with van der Waals surface area (Å²) in [6.07, 6.45) is -2.79. The first-order valence-electron chi connectivity index (χ1n) is 6.36. The van der Waals surface area contributed by atoms with Crippen LogP contribution in [0.2, 0.25) is 0 Å². The normalized spacial score (nSPS) is 17.5. The molecule has 1 aliphatic rings. The summed E-state index contributed by atoms with van der Waals surface area (Å²) in [4.78, 5) is 8.95. The van der Waals surface area contributed by atoms with Crippen molar-refractivity contribution in [2.75, 3.05) is 37.4 Å². The first kappa shape index (κ1) is 14.8. The van der Waals surface area contributed by atoms with E-state index in [4.69, 9.17) is 10.5 Å². The van der Waals surface area contributed by atoms with E-state index in [0.29, 0.717) is 25.6 Å². The topological polar surface area (TPSA) is 64.3 Å². The molecule has 1 aromatic heterocycles. The Morgan fingerprint density at radius 2 is 2.00 bits per heavy atom. The van der Waals surface area contributed by atoms with Gasteiger partial charge in [0.25, 0.3) is 0 Å². The number of alkyl halides is 3. The van der Waals surface area contributed by atoms with Gasteiger partial charge in [-0.3, -0.25) is 0 Å². The molecule has 1 aliphatic heterocycles. The summed E-state index contributed by atoms with van der Waals surface area (Å²) in [7, 11) is 1.65. The zero-order chi connectivity index (χ0) is 14.8. The SMILES string of the molecule is COCC1CCN(c2cc(C(F)(F)F)nc(N)n2)CC1. The Kier molecular flexibility index (Phi) is 4.32. The van der Waals surface area contributed by atoms with Gasteiger partial charge in [-0.05, 0) is 18.8 Å². The molecule has 0 saturated carbocycles. The minimum atomic E-state index is -4.51. The molecule has 20 heavy (non-hydrogen) atoms. The van der Waals surface area contributed by atoms with Crippen LogP contribution in [0.5, 0.6) is 0 Å². The van der Waals surface area contributed by atoms with Gasteiger partial charge >= 0.3 is 6.18 Å². The molecule has 1 fully saturated rings. The average Bonchev–Trinajstić information content (AvgIpc) is 2.38. The van der Waals surface area contributed by atoms with E-state index in [9.17, 15) is 13.2 Å². The molecule has 0 radical (unpaired) electrons. The number of halogens is 3. The highest BCUT2D eigenvalue weighted by Crippen LogP contribution is 2.31. The number of nitrogens with zero attached hydrogens (tertiary/aromatic N) is 3. The Labute approximate surface area is 114 Å². The van der Waals surface area contributed by atoms with E-state index in [1.807, 2.05) is 0 Å². The maximum absolute atomic E-state index is 12.7. The third kappa shape index (κ3) is 3.50. The number of rotatable bonds is 3. The van der Waals surface area contributed by atoms with E-state index in [0.717, 1.165) is 18.9 Å². The Balaban J connectivity index is 2.12. The maximum atomic E-state index is 12.7. The van der Waals surface area contributed by atoms with Crippen molar-refractivity contribution in [2.45, 2.75) is 19.0 Å². The van der Waals surface area contributed by atoms with Crippen molar-refractivity contribution in [3.05, 3.63) is 11.8 Å². The van der Waals surface area contributed by atoms with Crippen molar-refractivity contribution in [1.29, 1.82) is 0 Å². The predicted octanol–water partition coefficient (Wildman–Crippen LogP) is 1.94. The van der Waals surface area contributed by atoms with Gasteiger partial charge in [0.1, 0.15) is 5.82 Å². The van der Waals surface area contributed by atoms with Gasteiger partial charge in [0.15, 0.2) is 5.69 Å². The van der Waals surface area contributed by atoms with Crippen molar-refractivity contribution in [3.8, 4) is 0 Å². The molecule has 1 saturated heterocycles. The molecule has 8 heteroatoms. The molecule has 0 aliphatic carbocycles. The van der Waals surface area contributed by atoms with Crippen molar-refractivity contribution in [2.24, 2.45) is 5.92 Å². The number of piperidine rings is 1. The third-order valence-electron chi connectivity index (χ3n) is 3.36. The number of nitrogen functional groups attached to an aromatic ring is 1. The molecule has 0 amide bonds. The molecule has 2 rings (SSSR count). The van der Waals surface area contributed by atoms with Crippen LogP contribution in [0.1, 0.15) is 18.5 Å². The summed E-state index contributed by atoms with van der Waals surface area (Å²) in [5, 5.41) is 0. The molecule has 0 aromatic carbocycles. The third-order valence-corrected chi connectivity index (χ3v) is 3.36. The largest absolute Gasteiger partial charge is 0.433 e. The summed E-state index contributed by atoms with van der Waals surface area (Å²) in [6.45, 7) is 1.96. The Morgan fingerprint density at radius 3 is 2.55 bits per heavy atom. The Morgan fingerprint density at radius 1 is 1.35 bits per heavy atom. The van der Waals surface area contributed by atoms with Crippen LogP contribution >= 0.6 is 0 Å². The molecule has 2 N–H and O–H groups in total. The molecule has 2 heterocycles. The fourth-order valence-electron chi connectivity index (χ4n) is 2.32. The van der Waals surface area contributed by atoms with Crippen LogP contribution in [0.15, 0.2) is 6.07 Å². The fourth-order valence-corrected chi connectivity index (χ4v) is 2.32. The number of methoxy groups -OCH3 is 1. The molecule has 112 valence electrons. The van der Waals surface area contributed by atoms with Gasteiger partial charge in [0, 0.05) is 32.9 Å². The van der Waals surface area contributed by atoms with Crippen molar-refractivity contribution < 1.29 is 17.9 Å². The molecule has 5 nitrogen and oxygen atoms in total. The predicted molar refractivity (Wildman–Crippen MR) is 68.3 cm³/mol. The van der Waals surface area contributed by atoms with Crippen LogP contribution in [0, 0.1) is 5.92 Å². The van der Waals surface area contributed by atoms with Crippen LogP contribution in [-0.4, -0.2) is 36.8 Å². The van der Waals surface area contributed by atoms with Crippen LogP contribution in [0.25, 0.3) is 0 Å². The first-order valence-corrected chi connectivity index (χ1v) is 6.36. The Hall–Kier alpha value is -1.57. The second-order valence-corrected chi connectivity index (χ2v) is 4.85. The van der Waals surface area contributed by atoms with Crippen molar-refractivity contribution >= 4 is 11.8 Å². The average molecular weight is 290 g/mol. The van der Waals surface area contributed by atoms with Gasteiger partial charge in [0.05, 0.1) is 0 Å². The van der Waals surface area contributed by atoms with Gasteiger partial charge in [-0.2, -0.15) is 18.2 Å². The minimum Gasteiger partial charge on any atom is -0.384 e. The van der Waals surface area contributed by atoms with Gasteiger partial charge < -0.3 is 15.4 Å². The van der Waals surface area contributed by atoms with Gasteiger partial charge in [-0.15, -0.1) is 0 Å². The second-order valence-electron chi connectivity index (χ2n) is 4.85. The Bertz CT molecular complexity index is 459. The molecule has 0 atom stereocenters. The lowest BCUT2D eigenvalue weighted by atomic mass is 9.98. The minimum absolute atomic E-state index is 0.237. The van der Waals surface area contributed by atoms with Crippen LogP contribution < -0.4 is 10.6 Å². The van der Waals surface area contributed by atoms with Gasteiger partial charge in [-0.25, -0.2) is 4.98 Å². The van der Waals surface area contributed by atoms with Crippen LogP contribution in [-0.2, 0) is 10.9 Å². The highest BCUT2D eigenvalue weighted by atomic mass is 19.4. The van der Waals surface area contributed by atoms with E-state index in [2.05, 4.69) is 9.97 Å². The molecule has 0 bridgehead atoms. The smallest absolute Gasteiger partial charge is 0.384 e. The van der Waals surface area contributed by atoms with Crippen molar-refractivity contribution in [3.63, 3.8) is 0 Å². The monoisotopic (exact) mass is 290 g/mol. The lowest BCUT2D eigenvalue weighted by Gasteiger charge is -2.32. The summed E-state index contributed by atoms with van der Waals surface area (Å²) in [6, 6.07) is 0.951. The summed E-state index contributed by atoms with van der Waals surface area (Å²) in [5.41, 5.74) is 4.37. The number of ether oxygens (including phenoxy) is 1. The lowest BCUT2D eigenvalue weighted by molar-refractivity contribution is -0.141. The highest BCUT2D eigenvalue weighted by Gasteiger charge is 2.34. The van der Waals surface area contributed by atoms with E-state index < -0.39 is 11.9 Å². The molecular weight excluding hydrogens is 273 g/mol. The van der Waals surface area contributed by atoms with E-state index in [-0.39, 0.29) is 11.8 Å². The number of anilines is 2. The van der Waals surface area contributed by atoms with E-state index in [1.54, 1.807) is 12.0 Å². The standard InChI is InChI=1S/C12H17F3N4O/c1-20-7-8-2-4-19(5-3-8)10-6-9(12(13,14)15)17-11(16)18-10/h6,8H,2-5,7H2,1H3,(H2,16,17,18). The zero-order valence-corrected chi connectivity index (χ0v) is 11.2. The highest BCUT2D eigenvalue weighted by molar-refractivity contribution is 5.44. The molecular formula is C12H17F3N4O. The summed E-state index contributed by atoms with van der Waals surface area (Å²) < 4.78 is 43.2. The summed E-state index contributed by atoms with van der Waals surface area (Å²) >= 11 is 0. The number of hydrogen-bond donors (Lipinski definition) is 1. The van der Waals surface area contributed by atoms with Crippen LogP contribution in [0.4, 0.5) is 24.9 Å². The van der Waals surface area contributed by atoms with Crippen molar-refractivity contribution in [1.82, 2.24) is 9.97 Å². The second kappa shape index (κ2) is 5.82. The van der Waals surface area contributed by atoms with E-state index in [1.165, 1.54) is 0 Å². The molecule has 0 unspecified atom stereocenters. The fraction of sp³-hybridized carbons (Fsp3) is 0.667. The quantitative estimate of drug-likeness (QED) is 0.921. The number of aromatic nitrogens is 2.